The Bertz CT molecular complexity index is 505. The van der Waals surface area contributed by atoms with Crippen molar-refractivity contribution in [2.75, 3.05) is 0 Å². The lowest BCUT2D eigenvalue weighted by Gasteiger charge is -2.04. The van der Waals surface area contributed by atoms with Gasteiger partial charge in [0.05, 0.1) is 0 Å². The minimum atomic E-state index is 0.0804. The highest BCUT2D eigenvalue weighted by Gasteiger charge is 2.10. The van der Waals surface area contributed by atoms with Gasteiger partial charge in [-0.05, 0) is 25.0 Å². The molecule has 0 saturated carbocycles. The number of aromatic nitrogens is 3. The van der Waals surface area contributed by atoms with Crippen molar-refractivity contribution in [3.05, 3.63) is 17.8 Å². The van der Waals surface area contributed by atoms with Crippen LogP contribution in [0.1, 0.15) is 38.8 Å². The zero-order valence-corrected chi connectivity index (χ0v) is 10.5. The number of pyridine rings is 1. The summed E-state index contributed by atoms with van der Waals surface area (Å²) < 4.78 is 1.81. The molecule has 0 atom stereocenters. The molecule has 2 aromatic rings. The number of hydrogen-bond donors (Lipinski definition) is 1. The van der Waals surface area contributed by atoms with Gasteiger partial charge in [-0.1, -0.05) is 26.7 Å². The number of imidazole rings is 1. The summed E-state index contributed by atoms with van der Waals surface area (Å²) in [5, 5.41) is 9.81. The molecule has 4 nitrogen and oxygen atoms in total. The maximum absolute atomic E-state index is 9.81. The lowest BCUT2D eigenvalue weighted by Crippen LogP contribution is -1.99. The number of rotatable bonds is 5. The summed E-state index contributed by atoms with van der Waals surface area (Å²) in [5.74, 6) is 0. The molecule has 17 heavy (non-hydrogen) atoms. The van der Waals surface area contributed by atoms with Crippen molar-refractivity contribution in [2.24, 2.45) is 0 Å². The number of hydrogen-bond acceptors (Lipinski definition) is 3. The van der Waals surface area contributed by atoms with E-state index in [1.54, 1.807) is 0 Å². The van der Waals surface area contributed by atoms with Gasteiger partial charge in [-0.2, -0.15) is 4.98 Å². The van der Waals surface area contributed by atoms with Gasteiger partial charge < -0.3 is 5.11 Å². The molecule has 2 aromatic heterocycles. The minimum Gasteiger partial charge on any atom is -0.480 e. The van der Waals surface area contributed by atoms with E-state index < -0.39 is 0 Å². The molecule has 0 aliphatic heterocycles. The Balaban J connectivity index is 2.34. The average Bonchev–Trinajstić information content (AvgIpc) is 2.65. The first-order valence-corrected chi connectivity index (χ1v) is 6.31. The summed E-state index contributed by atoms with van der Waals surface area (Å²) in [5.41, 5.74) is 2.61. The highest BCUT2D eigenvalue weighted by Crippen LogP contribution is 2.20. The van der Waals surface area contributed by atoms with E-state index in [1.807, 2.05) is 16.7 Å². The highest BCUT2D eigenvalue weighted by molar-refractivity contribution is 5.72. The summed E-state index contributed by atoms with van der Waals surface area (Å²) in [7, 11) is 0. The summed E-state index contributed by atoms with van der Waals surface area (Å²) in [6.45, 7) is 5.03. The lowest BCUT2D eigenvalue weighted by atomic mass is 10.2. The lowest BCUT2D eigenvalue weighted by molar-refractivity contribution is 0.396. The minimum absolute atomic E-state index is 0.0804. The average molecular weight is 233 g/mol. The van der Waals surface area contributed by atoms with Gasteiger partial charge in [0.25, 0.3) is 6.01 Å². The molecule has 0 bridgehead atoms. The van der Waals surface area contributed by atoms with Crippen molar-refractivity contribution in [1.82, 2.24) is 14.5 Å². The zero-order chi connectivity index (χ0) is 12.3. The summed E-state index contributed by atoms with van der Waals surface area (Å²) >= 11 is 0. The van der Waals surface area contributed by atoms with Crippen LogP contribution in [0.5, 0.6) is 6.01 Å². The van der Waals surface area contributed by atoms with Crippen molar-refractivity contribution in [3.63, 3.8) is 0 Å². The molecule has 0 spiro atoms. The predicted molar refractivity (Wildman–Crippen MR) is 68.1 cm³/mol. The maximum atomic E-state index is 9.81. The van der Waals surface area contributed by atoms with Crippen molar-refractivity contribution in [2.45, 2.75) is 46.1 Å². The largest absolute Gasteiger partial charge is 0.480 e. The van der Waals surface area contributed by atoms with Gasteiger partial charge in [0.15, 0.2) is 5.65 Å². The first-order chi connectivity index (χ1) is 8.26. The molecule has 0 saturated heterocycles. The van der Waals surface area contributed by atoms with Crippen LogP contribution in [0.15, 0.2) is 12.1 Å². The number of aromatic hydroxyl groups is 1. The predicted octanol–water partition coefficient (Wildman–Crippen LogP) is 2.89. The summed E-state index contributed by atoms with van der Waals surface area (Å²) in [4.78, 5) is 8.66. The second kappa shape index (κ2) is 5.17. The van der Waals surface area contributed by atoms with Crippen LogP contribution in [0.4, 0.5) is 0 Å². The van der Waals surface area contributed by atoms with Crippen molar-refractivity contribution < 1.29 is 5.11 Å². The molecule has 1 N–H and O–H groups in total. The third-order valence-electron chi connectivity index (χ3n) is 2.98. The van der Waals surface area contributed by atoms with E-state index >= 15 is 0 Å². The number of unbranched alkanes of at least 4 members (excludes halogenated alkanes) is 2. The first-order valence-electron chi connectivity index (χ1n) is 6.31. The molecule has 0 amide bonds. The molecule has 4 heteroatoms. The Morgan fingerprint density at radius 2 is 2.00 bits per heavy atom. The standard InChI is InChI=1S/C13H19N3O/c1-3-5-6-9-16-12-11(15-13(16)17)8-7-10(4-2)14-12/h7-8H,3-6,9H2,1-2H3,(H,15,17). The Hall–Kier alpha value is -1.58. The number of fused-ring (bicyclic) bond motifs is 1. The van der Waals surface area contributed by atoms with Gasteiger partial charge in [0.1, 0.15) is 5.52 Å². The second-order valence-electron chi connectivity index (χ2n) is 4.27. The van der Waals surface area contributed by atoms with Gasteiger partial charge in [-0.3, -0.25) is 4.57 Å². The molecule has 0 aliphatic rings. The van der Waals surface area contributed by atoms with Crippen LogP contribution < -0.4 is 0 Å². The molecule has 0 aliphatic carbocycles. The Labute approximate surface area is 101 Å². The molecule has 0 aromatic carbocycles. The van der Waals surface area contributed by atoms with Crippen molar-refractivity contribution in [1.29, 1.82) is 0 Å². The molecule has 92 valence electrons. The zero-order valence-electron chi connectivity index (χ0n) is 10.5. The smallest absolute Gasteiger partial charge is 0.296 e. The van der Waals surface area contributed by atoms with E-state index in [9.17, 15) is 5.11 Å². The topological polar surface area (TPSA) is 50.9 Å². The number of aryl methyl sites for hydroxylation is 2. The maximum Gasteiger partial charge on any atom is 0.296 e. The van der Waals surface area contributed by atoms with E-state index in [1.165, 1.54) is 6.42 Å². The van der Waals surface area contributed by atoms with Gasteiger partial charge in [0.2, 0.25) is 0 Å². The quantitative estimate of drug-likeness (QED) is 0.808. The third kappa shape index (κ3) is 2.40. The fraction of sp³-hybridized carbons (Fsp3) is 0.538. The van der Waals surface area contributed by atoms with Crippen LogP contribution in [0, 0.1) is 0 Å². The van der Waals surface area contributed by atoms with Crippen LogP contribution in [0.3, 0.4) is 0 Å². The van der Waals surface area contributed by atoms with Crippen LogP contribution in [-0.4, -0.2) is 19.6 Å². The Morgan fingerprint density at radius 1 is 1.18 bits per heavy atom. The summed E-state index contributed by atoms with van der Waals surface area (Å²) in [6.07, 6.45) is 4.28. The van der Waals surface area contributed by atoms with E-state index in [0.29, 0.717) is 0 Å². The second-order valence-corrected chi connectivity index (χ2v) is 4.27. The molecule has 2 rings (SSSR count). The highest BCUT2D eigenvalue weighted by atomic mass is 16.3. The monoisotopic (exact) mass is 233 g/mol. The SMILES string of the molecule is CCCCCn1c(O)nc2ccc(CC)nc21. The molecule has 0 unspecified atom stereocenters. The van der Waals surface area contributed by atoms with Gasteiger partial charge in [-0.15, -0.1) is 0 Å². The number of nitrogens with zero attached hydrogens (tertiary/aromatic N) is 3. The van der Waals surface area contributed by atoms with Gasteiger partial charge in [0, 0.05) is 12.2 Å². The molecule has 2 heterocycles. The fourth-order valence-corrected chi connectivity index (χ4v) is 1.95. The fourth-order valence-electron chi connectivity index (χ4n) is 1.95. The molecule has 0 fully saturated rings. The van der Waals surface area contributed by atoms with E-state index in [-0.39, 0.29) is 6.01 Å². The van der Waals surface area contributed by atoms with Crippen molar-refractivity contribution >= 4 is 11.2 Å². The molecular weight excluding hydrogens is 214 g/mol. The van der Waals surface area contributed by atoms with Gasteiger partial charge >= 0.3 is 0 Å². The third-order valence-corrected chi connectivity index (χ3v) is 2.98. The van der Waals surface area contributed by atoms with Gasteiger partial charge in [-0.25, -0.2) is 4.98 Å². The summed E-state index contributed by atoms with van der Waals surface area (Å²) in [6, 6.07) is 3.97. The Kier molecular flexibility index (Phi) is 3.61. The van der Waals surface area contributed by atoms with Crippen LogP contribution in [-0.2, 0) is 13.0 Å². The molecular formula is C13H19N3O. The first kappa shape index (κ1) is 11.9. The van der Waals surface area contributed by atoms with E-state index in [0.717, 1.165) is 42.7 Å². The van der Waals surface area contributed by atoms with Crippen molar-refractivity contribution in [3.8, 4) is 6.01 Å². The van der Waals surface area contributed by atoms with Crippen LogP contribution >= 0.6 is 0 Å². The van der Waals surface area contributed by atoms with E-state index in [2.05, 4.69) is 23.8 Å². The van der Waals surface area contributed by atoms with E-state index in [4.69, 9.17) is 0 Å². The Morgan fingerprint density at radius 3 is 2.71 bits per heavy atom. The van der Waals surface area contributed by atoms with Crippen LogP contribution in [0.2, 0.25) is 0 Å². The molecule has 0 radical (unpaired) electrons. The normalized spacial score (nSPS) is 11.2. The van der Waals surface area contributed by atoms with Crippen LogP contribution in [0.25, 0.3) is 11.2 Å².